The zero-order chi connectivity index (χ0) is 30.8. The molecule has 1 amide bonds. The number of nitrogens with one attached hydrogen (secondary N) is 1. The van der Waals surface area contributed by atoms with Crippen molar-refractivity contribution in [2.45, 2.75) is 51.3 Å². The van der Waals surface area contributed by atoms with Crippen molar-refractivity contribution in [2.24, 2.45) is 5.92 Å². The number of amides is 1. The third-order valence-electron chi connectivity index (χ3n) is 7.30. The van der Waals surface area contributed by atoms with E-state index in [4.69, 9.17) is 14.4 Å². The van der Waals surface area contributed by atoms with Gasteiger partial charge in [0.2, 0.25) is 0 Å². The van der Waals surface area contributed by atoms with Gasteiger partial charge >= 0.3 is 5.97 Å². The van der Waals surface area contributed by atoms with Gasteiger partial charge in [0.25, 0.3) is 15.9 Å². The molecule has 2 aromatic carbocycles. The van der Waals surface area contributed by atoms with Crippen LogP contribution < -0.4 is 9.46 Å². The first-order chi connectivity index (χ1) is 19.8. The van der Waals surface area contributed by atoms with Crippen molar-refractivity contribution in [1.29, 1.82) is 0 Å². The number of ether oxygens (including phenoxy) is 1. The highest BCUT2D eigenvalue weighted by atomic mass is 32.2. The standard InChI is InChI=1S/C29H36N4O8S/c1-17-13-33(18(2)16-34)28(35)24-12-23(31-42(38,39)27-19(3)30-41-20(27)4)10-11-25(24)40-26(17)15-32(5)14-21-6-8-22(9-7-21)29(36)37/h6-12,17-18,26,31,34H,13-16H2,1-5H3,(H,36,37)/t17-,18+,26+/m1/s1. The number of carbonyl (C=O) groups is 2. The number of aliphatic hydroxyl groups is 1. The summed E-state index contributed by atoms with van der Waals surface area (Å²) in [5.74, 6) is -1.05. The summed E-state index contributed by atoms with van der Waals surface area (Å²) in [6, 6.07) is 10.7. The summed E-state index contributed by atoms with van der Waals surface area (Å²) in [5, 5.41) is 22.8. The van der Waals surface area contributed by atoms with Gasteiger partial charge in [-0.1, -0.05) is 24.2 Å². The number of aromatic carboxylic acids is 1. The third kappa shape index (κ3) is 6.75. The number of carboxylic acid groups (broad SMARTS) is 1. The van der Waals surface area contributed by atoms with Crippen LogP contribution >= 0.6 is 0 Å². The molecule has 0 unspecified atom stereocenters. The smallest absolute Gasteiger partial charge is 0.335 e. The number of aromatic nitrogens is 1. The normalized spacial score (nSPS) is 18.2. The van der Waals surface area contributed by atoms with Crippen molar-refractivity contribution >= 4 is 27.6 Å². The Hall–Kier alpha value is -3.94. The fourth-order valence-electron chi connectivity index (χ4n) is 5.00. The fourth-order valence-corrected chi connectivity index (χ4v) is 6.39. The average molecular weight is 601 g/mol. The quantitative estimate of drug-likeness (QED) is 0.315. The van der Waals surface area contributed by atoms with Crippen LogP contribution in [0.3, 0.4) is 0 Å². The Kier molecular flexibility index (Phi) is 9.24. The molecule has 0 radical (unpaired) electrons. The maximum atomic E-state index is 13.7. The number of hydrogen-bond acceptors (Lipinski definition) is 9. The molecule has 3 atom stereocenters. The molecule has 0 bridgehead atoms. The topological polar surface area (TPSA) is 163 Å². The summed E-state index contributed by atoms with van der Waals surface area (Å²) >= 11 is 0. The average Bonchev–Trinajstić information content (AvgIpc) is 3.29. The molecule has 4 rings (SSSR count). The first-order valence-electron chi connectivity index (χ1n) is 13.5. The number of hydrogen-bond donors (Lipinski definition) is 3. The number of fused-ring (bicyclic) bond motifs is 1. The summed E-state index contributed by atoms with van der Waals surface area (Å²) in [6.45, 7) is 7.84. The fraction of sp³-hybridized carbons (Fsp3) is 0.414. The van der Waals surface area contributed by atoms with E-state index in [9.17, 15) is 23.1 Å². The van der Waals surface area contributed by atoms with E-state index < -0.39 is 22.0 Å². The summed E-state index contributed by atoms with van der Waals surface area (Å²) in [5.41, 5.74) is 1.69. The minimum absolute atomic E-state index is 0.0677. The van der Waals surface area contributed by atoms with Crippen molar-refractivity contribution in [3.8, 4) is 5.75 Å². The predicted octanol–water partition coefficient (Wildman–Crippen LogP) is 3.14. The van der Waals surface area contributed by atoms with Crippen LogP contribution in [0.25, 0.3) is 0 Å². The molecule has 3 aromatic rings. The lowest BCUT2D eigenvalue weighted by Gasteiger charge is -2.38. The molecule has 0 aliphatic carbocycles. The maximum Gasteiger partial charge on any atom is 0.335 e. The number of likely N-dealkylation sites (N-methyl/N-ethyl adjacent to an activating group) is 1. The number of anilines is 1. The SMILES string of the molecule is Cc1noc(C)c1S(=O)(=O)Nc1ccc2c(c1)C(=O)N([C@@H](C)CO)C[C@@H](C)[C@H](CN(C)Cc1ccc(C(=O)O)cc1)O2. The van der Waals surface area contributed by atoms with E-state index in [-0.39, 0.29) is 57.7 Å². The molecule has 0 saturated carbocycles. The van der Waals surface area contributed by atoms with Crippen LogP contribution in [-0.2, 0) is 16.6 Å². The monoisotopic (exact) mass is 600 g/mol. The van der Waals surface area contributed by atoms with Gasteiger partial charge in [0.15, 0.2) is 10.7 Å². The van der Waals surface area contributed by atoms with E-state index >= 15 is 0 Å². The molecular weight excluding hydrogens is 564 g/mol. The summed E-state index contributed by atoms with van der Waals surface area (Å²) in [4.78, 5) is 28.4. The van der Waals surface area contributed by atoms with Crippen LogP contribution in [0.15, 0.2) is 51.9 Å². The minimum Gasteiger partial charge on any atom is -0.488 e. The lowest BCUT2D eigenvalue weighted by Crippen LogP contribution is -2.49. The largest absolute Gasteiger partial charge is 0.488 e. The van der Waals surface area contributed by atoms with E-state index in [0.29, 0.717) is 25.4 Å². The molecule has 0 spiro atoms. The Morgan fingerprint density at radius 3 is 2.50 bits per heavy atom. The Morgan fingerprint density at radius 2 is 1.90 bits per heavy atom. The minimum atomic E-state index is -4.05. The van der Waals surface area contributed by atoms with E-state index in [1.54, 1.807) is 42.2 Å². The van der Waals surface area contributed by atoms with E-state index in [0.717, 1.165) is 5.56 Å². The van der Waals surface area contributed by atoms with Gasteiger partial charge in [0.1, 0.15) is 17.5 Å². The van der Waals surface area contributed by atoms with Crippen LogP contribution in [0.1, 0.15) is 51.6 Å². The highest BCUT2D eigenvalue weighted by molar-refractivity contribution is 7.92. The Balaban J connectivity index is 1.62. The van der Waals surface area contributed by atoms with Crippen LogP contribution in [-0.4, -0.2) is 84.4 Å². The van der Waals surface area contributed by atoms with Crippen LogP contribution in [0, 0.1) is 19.8 Å². The third-order valence-corrected chi connectivity index (χ3v) is 8.92. The summed E-state index contributed by atoms with van der Waals surface area (Å²) in [6.07, 6.45) is -0.363. The van der Waals surface area contributed by atoms with Crippen LogP contribution in [0.5, 0.6) is 5.75 Å². The van der Waals surface area contributed by atoms with Crippen molar-refractivity contribution in [3.05, 3.63) is 70.6 Å². The van der Waals surface area contributed by atoms with Crippen LogP contribution in [0.4, 0.5) is 5.69 Å². The second-order valence-electron chi connectivity index (χ2n) is 10.8. The van der Waals surface area contributed by atoms with E-state index in [2.05, 4.69) is 9.88 Å². The first kappa shape index (κ1) is 31.0. The van der Waals surface area contributed by atoms with Gasteiger partial charge in [-0.25, -0.2) is 13.2 Å². The lowest BCUT2D eigenvalue weighted by atomic mass is 9.99. The van der Waals surface area contributed by atoms with Crippen molar-refractivity contribution in [2.75, 3.05) is 31.5 Å². The number of nitrogens with zero attached hydrogens (tertiary/aromatic N) is 3. The first-order valence-corrected chi connectivity index (χ1v) is 15.0. The van der Waals surface area contributed by atoms with Gasteiger partial charge in [-0.05, 0) is 63.7 Å². The molecular formula is C29H36N4O8S. The van der Waals surface area contributed by atoms with Crippen molar-refractivity contribution in [3.63, 3.8) is 0 Å². The number of carbonyl (C=O) groups excluding carboxylic acids is 1. The zero-order valence-electron chi connectivity index (χ0n) is 24.2. The maximum absolute atomic E-state index is 13.7. The molecule has 2 heterocycles. The zero-order valence-corrected chi connectivity index (χ0v) is 25.0. The molecule has 3 N–H and O–H groups in total. The van der Waals surface area contributed by atoms with Gasteiger partial charge in [-0.15, -0.1) is 0 Å². The molecule has 0 saturated heterocycles. The van der Waals surface area contributed by atoms with E-state index in [1.807, 2.05) is 18.9 Å². The molecule has 226 valence electrons. The number of aryl methyl sites for hydroxylation is 2. The lowest BCUT2D eigenvalue weighted by molar-refractivity contribution is 0.0341. The number of benzene rings is 2. The molecule has 42 heavy (non-hydrogen) atoms. The molecule has 1 aromatic heterocycles. The number of rotatable bonds is 10. The molecule has 13 heteroatoms. The summed E-state index contributed by atoms with van der Waals surface area (Å²) in [7, 11) is -2.13. The Morgan fingerprint density at radius 1 is 1.21 bits per heavy atom. The second kappa shape index (κ2) is 12.5. The van der Waals surface area contributed by atoms with E-state index in [1.165, 1.54) is 26.0 Å². The Bertz CT molecular complexity index is 1530. The highest BCUT2D eigenvalue weighted by Gasteiger charge is 2.34. The van der Waals surface area contributed by atoms with Gasteiger partial charge in [0, 0.05) is 31.2 Å². The number of aliphatic hydroxyl groups excluding tert-OH is 1. The van der Waals surface area contributed by atoms with Gasteiger partial charge in [-0.3, -0.25) is 14.4 Å². The van der Waals surface area contributed by atoms with Gasteiger partial charge in [-0.2, -0.15) is 0 Å². The van der Waals surface area contributed by atoms with Gasteiger partial charge in [0.05, 0.1) is 23.8 Å². The highest BCUT2D eigenvalue weighted by Crippen LogP contribution is 2.32. The van der Waals surface area contributed by atoms with Crippen LogP contribution in [0.2, 0.25) is 0 Å². The molecule has 1 aliphatic rings. The summed E-state index contributed by atoms with van der Waals surface area (Å²) < 4.78 is 40.1. The molecule has 1 aliphatic heterocycles. The molecule has 0 fully saturated rings. The predicted molar refractivity (Wildman–Crippen MR) is 154 cm³/mol. The van der Waals surface area contributed by atoms with Crippen molar-refractivity contribution < 1.29 is 37.5 Å². The second-order valence-corrected chi connectivity index (χ2v) is 12.4. The van der Waals surface area contributed by atoms with Gasteiger partial charge < -0.3 is 24.4 Å². The Labute approximate surface area is 244 Å². The van der Waals surface area contributed by atoms with Crippen molar-refractivity contribution in [1.82, 2.24) is 15.0 Å². The number of carboxylic acids is 1. The molecule has 12 nitrogen and oxygen atoms in total. The number of sulfonamides is 1.